The molecular formula is C12H16N2OS. The van der Waals surface area contributed by atoms with E-state index in [0.717, 1.165) is 22.7 Å². The largest absolute Gasteiger partial charge is 0.387 e. The molecule has 2 aromatic heterocycles. The fraction of sp³-hybridized carbons (Fsp3) is 0.417. The molecule has 0 fully saturated rings. The van der Waals surface area contributed by atoms with Crippen molar-refractivity contribution in [3.8, 4) is 0 Å². The molecule has 2 aromatic rings. The molecule has 0 spiro atoms. The Balaban J connectivity index is 2.11. The van der Waals surface area contributed by atoms with Crippen molar-refractivity contribution in [3.63, 3.8) is 0 Å². The third-order valence-electron chi connectivity index (χ3n) is 2.66. The molecule has 4 heteroatoms. The maximum atomic E-state index is 10.0. The van der Waals surface area contributed by atoms with Crippen LogP contribution >= 0.6 is 11.3 Å². The molecule has 2 rings (SSSR count). The van der Waals surface area contributed by atoms with Gasteiger partial charge in [-0.2, -0.15) is 5.10 Å². The summed E-state index contributed by atoms with van der Waals surface area (Å²) in [5, 5.41) is 16.4. The molecule has 0 aliphatic rings. The molecule has 0 aliphatic carbocycles. The van der Waals surface area contributed by atoms with Crippen LogP contribution < -0.4 is 0 Å². The zero-order chi connectivity index (χ0) is 11.5. The first-order valence-corrected chi connectivity index (χ1v) is 6.32. The lowest BCUT2D eigenvalue weighted by Gasteiger charge is -2.08. The average Bonchev–Trinajstić information content (AvgIpc) is 2.88. The molecule has 86 valence electrons. The molecule has 2 heterocycles. The van der Waals surface area contributed by atoms with Crippen molar-refractivity contribution in [2.24, 2.45) is 7.05 Å². The van der Waals surface area contributed by atoms with Crippen molar-refractivity contribution < 1.29 is 5.11 Å². The average molecular weight is 236 g/mol. The molecule has 1 atom stereocenters. The fourth-order valence-corrected chi connectivity index (χ4v) is 2.43. The van der Waals surface area contributed by atoms with E-state index in [1.165, 1.54) is 0 Å². The summed E-state index contributed by atoms with van der Waals surface area (Å²) in [7, 11) is 1.93. The van der Waals surface area contributed by atoms with Gasteiger partial charge < -0.3 is 5.11 Å². The lowest BCUT2D eigenvalue weighted by molar-refractivity contribution is 0.179. The molecular weight excluding hydrogens is 220 g/mol. The predicted molar refractivity (Wildman–Crippen MR) is 65.6 cm³/mol. The van der Waals surface area contributed by atoms with E-state index in [0.29, 0.717) is 6.42 Å². The van der Waals surface area contributed by atoms with Crippen LogP contribution in [0.2, 0.25) is 0 Å². The van der Waals surface area contributed by atoms with Gasteiger partial charge in [-0.3, -0.25) is 4.68 Å². The Morgan fingerprint density at radius 2 is 2.38 bits per heavy atom. The van der Waals surface area contributed by atoms with Gasteiger partial charge in [0.15, 0.2) is 0 Å². The van der Waals surface area contributed by atoms with Crippen molar-refractivity contribution in [1.29, 1.82) is 0 Å². The van der Waals surface area contributed by atoms with Crippen LogP contribution in [-0.2, 0) is 19.9 Å². The lowest BCUT2D eigenvalue weighted by atomic mass is 10.1. The minimum Gasteiger partial charge on any atom is -0.387 e. The number of nitrogens with zero attached hydrogens (tertiary/aromatic N) is 2. The van der Waals surface area contributed by atoms with Crippen LogP contribution in [0.1, 0.15) is 29.3 Å². The molecule has 1 unspecified atom stereocenters. The van der Waals surface area contributed by atoms with Gasteiger partial charge in [-0.05, 0) is 23.9 Å². The smallest absolute Gasteiger partial charge is 0.0937 e. The highest BCUT2D eigenvalue weighted by atomic mass is 32.1. The number of hydrogen-bond donors (Lipinski definition) is 1. The molecule has 16 heavy (non-hydrogen) atoms. The molecule has 0 saturated carbocycles. The van der Waals surface area contributed by atoms with Crippen LogP contribution in [0.4, 0.5) is 0 Å². The molecule has 1 N–H and O–H groups in total. The zero-order valence-corrected chi connectivity index (χ0v) is 10.4. The van der Waals surface area contributed by atoms with Crippen LogP contribution in [0.25, 0.3) is 0 Å². The number of aliphatic hydroxyl groups excluding tert-OH is 1. The number of aromatic nitrogens is 2. The Hall–Kier alpha value is -1.13. The normalized spacial score (nSPS) is 12.9. The van der Waals surface area contributed by atoms with Gasteiger partial charge in [-0.25, -0.2) is 0 Å². The quantitative estimate of drug-likeness (QED) is 0.884. The second-order valence-corrected chi connectivity index (χ2v) is 4.82. The monoisotopic (exact) mass is 236 g/mol. The minimum atomic E-state index is -0.417. The van der Waals surface area contributed by atoms with Gasteiger partial charge >= 0.3 is 0 Å². The summed E-state index contributed by atoms with van der Waals surface area (Å²) in [6, 6.07) is 5.99. The van der Waals surface area contributed by atoms with E-state index in [1.807, 2.05) is 29.2 Å². The van der Waals surface area contributed by atoms with E-state index in [4.69, 9.17) is 0 Å². The second kappa shape index (κ2) is 4.80. The van der Waals surface area contributed by atoms with Gasteiger partial charge in [-0.1, -0.05) is 13.0 Å². The standard InChI is InChI=1S/C12H16N2OS/c1-3-9-7-10(14(2)13-9)8-11(15)12-5-4-6-16-12/h4-7,11,15H,3,8H2,1-2H3. The number of aryl methyl sites for hydroxylation is 2. The van der Waals surface area contributed by atoms with E-state index >= 15 is 0 Å². The van der Waals surface area contributed by atoms with Gasteiger partial charge in [0.2, 0.25) is 0 Å². The van der Waals surface area contributed by atoms with Crippen LogP contribution in [0, 0.1) is 0 Å². The summed E-state index contributed by atoms with van der Waals surface area (Å²) in [6.45, 7) is 2.09. The fourth-order valence-electron chi connectivity index (χ4n) is 1.71. The van der Waals surface area contributed by atoms with Crippen molar-refractivity contribution in [1.82, 2.24) is 9.78 Å². The summed E-state index contributed by atoms with van der Waals surface area (Å²) in [6.07, 6.45) is 1.15. The highest BCUT2D eigenvalue weighted by Gasteiger charge is 2.12. The van der Waals surface area contributed by atoms with Crippen molar-refractivity contribution in [2.75, 3.05) is 0 Å². The van der Waals surface area contributed by atoms with Crippen molar-refractivity contribution in [2.45, 2.75) is 25.9 Å². The number of rotatable bonds is 4. The summed E-state index contributed by atoms with van der Waals surface area (Å²) in [4.78, 5) is 1.01. The Morgan fingerprint density at radius 3 is 2.94 bits per heavy atom. The van der Waals surface area contributed by atoms with Gasteiger partial charge in [0.25, 0.3) is 0 Å². The Kier molecular flexibility index (Phi) is 3.41. The SMILES string of the molecule is CCc1cc(CC(O)c2cccs2)n(C)n1. The Labute approximate surface area is 99.4 Å². The minimum absolute atomic E-state index is 0.417. The number of hydrogen-bond acceptors (Lipinski definition) is 3. The third kappa shape index (κ3) is 2.33. The Morgan fingerprint density at radius 1 is 1.56 bits per heavy atom. The van der Waals surface area contributed by atoms with Crippen molar-refractivity contribution in [3.05, 3.63) is 39.8 Å². The number of thiophene rings is 1. The van der Waals surface area contributed by atoms with E-state index < -0.39 is 6.10 Å². The third-order valence-corrected chi connectivity index (χ3v) is 3.64. The first kappa shape index (κ1) is 11.4. The first-order chi connectivity index (χ1) is 7.70. The highest BCUT2D eigenvalue weighted by molar-refractivity contribution is 7.10. The highest BCUT2D eigenvalue weighted by Crippen LogP contribution is 2.22. The van der Waals surface area contributed by atoms with Crippen LogP contribution in [0.15, 0.2) is 23.6 Å². The summed E-state index contributed by atoms with van der Waals surface area (Å²) >= 11 is 1.59. The van der Waals surface area contributed by atoms with Crippen LogP contribution in [0.5, 0.6) is 0 Å². The second-order valence-electron chi connectivity index (χ2n) is 3.84. The number of aliphatic hydroxyl groups is 1. The van der Waals surface area contributed by atoms with Gasteiger partial charge in [0.1, 0.15) is 0 Å². The van der Waals surface area contributed by atoms with Gasteiger partial charge in [-0.15, -0.1) is 11.3 Å². The molecule has 0 amide bonds. The maximum absolute atomic E-state index is 10.0. The van der Waals surface area contributed by atoms with E-state index in [-0.39, 0.29) is 0 Å². The molecule has 3 nitrogen and oxygen atoms in total. The van der Waals surface area contributed by atoms with E-state index in [1.54, 1.807) is 11.3 Å². The topological polar surface area (TPSA) is 38.0 Å². The van der Waals surface area contributed by atoms with E-state index in [2.05, 4.69) is 18.1 Å². The molecule has 0 radical (unpaired) electrons. The van der Waals surface area contributed by atoms with Gasteiger partial charge in [0, 0.05) is 24.0 Å². The molecule has 0 aliphatic heterocycles. The van der Waals surface area contributed by atoms with E-state index in [9.17, 15) is 5.11 Å². The Bertz CT molecular complexity index is 448. The molecule has 0 aromatic carbocycles. The predicted octanol–water partition coefficient (Wildman–Crippen LogP) is 2.32. The maximum Gasteiger partial charge on any atom is 0.0937 e. The summed E-state index contributed by atoms with van der Waals surface area (Å²) < 4.78 is 1.86. The van der Waals surface area contributed by atoms with Crippen LogP contribution in [-0.4, -0.2) is 14.9 Å². The van der Waals surface area contributed by atoms with Gasteiger partial charge in [0.05, 0.1) is 11.8 Å². The van der Waals surface area contributed by atoms with Crippen LogP contribution in [0.3, 0.4) is 0 Å². The summed E-state index contributed by atoms with van der Waals surface area (Å²) in [5.74, 6) is 0. The zero-order valence-electron chi connectivity index (χ0n) is 9.55. The van der Waals surface area contributed by atoms with Crippen molar-refractivity contribution >= 4 is 11.3 Å². The molecule has 0 saturated heterocycles. The first-order valence-electron chi connectivity index (χ1n) is 5.44. The lowest BCUT2D eigenvalue weighted by Crippen LogP contribution is -2.05. The summed E-state index contributed by atoms with van der Waals surface area (Å²) in [5.41, 5.74) is 2.16. The molecule has 0 bridgehead atoms.